The molecule has 0 nitrogen and oxygen atoms in total. The first-order valence-electron chi connectivity index (χ1n) is 5.59. The number of rotatable bonds is 3. The second-order valence-corrected chi connectivity index (χ2v) is 3.94. The van der Waals surface area contributed by atoms with Crippen LogP contribution in [0.3, 0.4) is 0 Å². The molecule has 0 radical (unpaired) electrons. The van der Waals surface area contributed by atoms with E-state index in [-0.39, 0.29) is 0 Å². The highest BCUT2D eigenvalue weighted by Gasteiger charge is 2.24. The molecule has 0 aromatic heterocycles. The van der Waals surface area contributed by atoms with Crippen LogP contribution in [0.25, 0.3) is 0 Å². The van der Waals surface area contributed by atoms with Gasteiger partial charge in [-0.25, -0.2) is 0 Å². The minimum atomic E-state index is 0.727. The molecule has 0 saturated heterocycles. The maximum atomic E-state index is 2.36. The van der Waals surface area contributed by atoms with Crippen LogP contribution in [0.5, 0.6) is 0 Å². The third-order valence-corrected chi connectivity index (χ3v) is 3.48. The van der Waals surface area contributed by atoms with Gasteiger partial charge in [0.05, 0.1) is 0 Å². The number of hydrogen-bond donors (Lipinski definition) is 0. The predicted octanol–water partition coefficient (Wildman–Crippen LogP) is 4.48. The van der Waals surface area contributed by atoms with Crippen molar-refractivity contribution in [1.29, 1.82) is 0 Å². The highest BCUT2D eigenvalue weighted by Crippen LogP contribution is 2.41. The average molecular weight is 178 g/mol. The molecule has 1 aliphatic carbocycles. The first kappa shape index (κ1) is 10.6. The largest absolute Gasteiger partial charge is 0.0616 e. The molecule has 1 unspecified atom stereocenters. The van der Waals surface area contributed by atoms with Gasteiger partial charge in [-0.2, -0.15) is 0 Å². The monoisotopic (exact) mass is 178 g/mol. The lowest BCUT2D eigenvalue weighted by atomic mass is 9.93. The lowest BCUT2D eigenvalue weighted by Crippen LogP contribution is -1.97. The standard InChI is InChI=1S/C13H22/c1-6-11-9(4)12(7-2)13(8-3)10(11)5/h9H,6-8H2,1-5H3. The molecular formula is C13H22. The van der Waals surface area contributed by atoms with Gasteiger partial charge in [-0.3, -0.25) is 0 Å². The smallest absolute Gasteiger partial charge is 0.000990 e. The SMILES string of the molecule is CCC1=C(CC)C(C)C(CC)=C1C. The fourth-order valence-electron chi connectivity index (χ4n) is 2.81. The van der Waals surface area contributed by atoms with Crippen molar-refractivity contribution in [3.05, 3.63) is 22.3 Å². The van der Waals surface area contributed by atoms with E-state index < -0.39 is 0 Å². The second kappa shape index (κ2) is 4.13. The molecule has 0 fully saturated rings. The minimum Gasteiger partial charge on any atom is -0.0616 e. The molecule has 0 spiro atoms. The normalized spacial score (nSPS) is 23.3. The quantitative estimate of drug-likeness (QED) is 0.597. The van der Waals surface area contributed by atoms with Gasteiger partial charge in [0, 0.05) is 0 Å². The van der Waals surface area contributed by atoms with Crippen LogP contribution in [0.2, 0.25) is 0 Å². The molecule has 0 heterocycles. The van der Waals surface area contributed by atoms with E-state index in [9.17, 15) is 0 Å². The Morgan fingerprint density at radius 2 is 1.46 bits per heavy atom. The molecule has 1 aliphatic rings. The van der Waals surface area contributed by atoms with Crippen molar-refractivity contribution in [2.45, 2.75) is 53.9 Å². The van der Waals surface area contributed by atoms with Crippen molar-refractivity contribution in [3.8, 4) is 0 Å². The Hall–Kier alpha value is -0.520. The van der Waals surface area contributed by atoms with E-state index >= 15 is 0 Å². The topological polar surface area (TPSA) is 0 Å². The lowest BCUT2D eigenvalue weighted by molar-refractivity contribution is 0.740. The zero-order valence-electron chi connectivity index (χ0n) is 9.70. The first-order chi connectivity index (χ1) is 6.17. The summed E-state index contributed by atoms with van der Waals surface area (Å²) in [6.45, 7) is 11.5. The van der Waals surface area contributed by atoms with Gasteiger partial charge < -0.3 is 0 Å². The molecule has 0 aromatic rings. The van der Waals surface area contributed by atoms with Crippen LogP contribution in [-0.4, -0.2) is 0 Å². The van der Waals surface area contributed by atoms with E-state index in [2.05, 4.69) is 34.6 Å². The van der Waals surface area contributed by atoms with Crippen LogP contribution in [0.1, 0.15) is 53.9 Å². The van der Waals surface area contributed by atoms with Crippen molar-refractivity contribution < 1.29 is 0 Å². The summed E-state index contributed by atoms with van der Waals surface area (Å²) in [6, 6.07) is 0. The molecule has 74 valence electrons. The van der Waals surface area contributed by atoms with Gasteiger partial charge in [0.1, 0.15) is 0 Å². The van der Waals surface area contributed by atoms with Crippen LogP contribution in [0.4, 0.5) is 0 Å². The van der Waals surface area contributed by atoms with Gasteiger partial charge in [-0.15, -0.1) is 0 Å². The second-order valence-electron chi connectivity index (χ2n) is 3.94. The number of hydrogen-bond acceptors (Lipinski definition) is 0. The molecule has 1 atom stereocenters. The summed E-state index contributed by atoms with van der Waals surface area (Å²) in [6.07, 6.45) is 3.66. The molecule has 0 amide bonds. The van der Waals surface area contributed by atoms with Crippen molar-refractivity contribution in [3.63, 3.8) is 0 Å². The lowest BCUT2D eigenvalue weighted by Gasteiger charge is -2.11. The van der Waals surface area contributed by atoms with Crippen molar-refractivity contribution in [1.82, 2.24) is 0 Å². The Kier molecular flexibility index (Phi) is 3.35. The van der Waals surface area contributed by atoms with E-state index in [1.54, 1.807) is 22.3 Å². The Bertz CT molecular complexity index is 253. The van der Waals surface area contributed by atoms with Crippen molar-refractivity contribution in [2.24, 2.45) is 5.92 Å². The van der Waals surface area contributed by atoms with Crippen LogP contribution in [0, 0.1) is 5.92 Å². The molecule has 0 saturated carbocycles. The summed E-state index contributed by atoms with van der Waals surface area (Å²) in [7, 11) is 0. The summed E-state index contributed by atoms with van der Waals surface area (Å²) in [5.74, 6) is 0.727. The maximum Gasteiger partial charge on any atom is -0.000990 e. The van der Waals surface area contributed by atoms with E-state index in [1.807, 2.05) is 0 Å². The maximum absolute atomic E-state index is 2.36. The van der Waals surface area contributed by atoms with E-state index in [0.717, 1.165) is 5.92 Å². The van der Waals surface area contributed by atoms with Gasteiger partial charge >= 0.3 is 0 Å². The zero-order chi connectivity index (χ0) is 10.0. The first-order valence-corrected chi connectivity index (χ1v) is 5.59. The van der Waals surface area contributed by atoms with Crippen LogP contribution >= 0.6 is 0 Å². The predicted molar refractivity (Wildman–Crippen MR) is 59.8 cm³/mol. The summed E-state index contributed by atoms with van der Waals surface area (Å²) >= 11 is 0. The molecule has 0 aliphatic heterocycles. The highest BCUT2D eigenvalue weighted by molar-refractivity contribution is 5.48. The Balaban J connectivity index is 3.07. The van der Waals surface area contributed by atoms with Gasteiger partial charge in [0.15, 0.2) is 0 Å². The molecule has 0 bridgehead atoms. The third kappa shape index (κ3) is 1.59. The molecule has 13 heavy (non-hydrogen) atoms. The summed E-state index contributed by atoms with van der Waals surface area (Å²) in [4.78, 5) is 0. The van der Waals surface area contributed by atoms with Gasteiger partial charge in [-0.1, -0.05) is 38.8 Å². The number of allylic oxidation sites excluding steroid dienone is 4. The van der Waals surface area contributed by atoms with Crippen LogP contribution < -0.4 is 0 Å². The van der Waals surface area contributed by atoms with Gasteiger partial charge in [0.25, 0.3) is 0 Å². The third-order valence-electron chi connectivity index (χ3n) is 3.48. The highest BCUT2D eigenvalue weighted by atomic mass is 14.3. The average Bonchev–Trinajstić information content (AvgIpc) is 2.36. The fourth-order valence-corrected chi connectivity index (χ4v) is 2.81. The Morgan fingerprint density at radius 3 is 1.77 bits per heavy atom. The summed E-state index contributed by atoms with van der Waals surface area (Å²) in [5.41, 5.74) is 6.60. The van der Waals surface area contributed by atoms with E-state index in [4.69, 9.17) is 0 Å². The summed E-state index contributed by atoms with van der Waals surface area (Å²) in [5, 5.41) is 0. The summed E-state index contributed by atoms with van der Waals surface area (Å²) < 4.78 is 0. The minimum absolute atomic E-state index is 0.727. The van der Waals surface area contributed by atoms with Crippen molar-refractivity contribution in [2.75, 3.05) is 0 Å². The zero-order valence-corrected chi connectivity index (χ0v) is 9.70. The van der Waals surface area contributed by atoms with Gasteiger partial charge in [0.2, 0.25) is 0 Å². The molecule has 1 rings (SSSR count). The van der Waals surface area contributed by atoms with Gasteiger partial charge in [-0.05, 0) is 43.3 Å². The molecular weight excluding hydrogens is 156 g/mol. The fraction of sp³-hybridized carbons (Fsp3) is 0.692. The van der Waals surface area contributed by atoms with Crippen LogP contribution in [0.15, 0.2) is 22.3 Å². The Morgan fingerprint density at radius 1 is 0.923 bits per heavy atom. The van der Waals surface area contributed by atoms with Crippen molar-refractivity contribution >= 4 is 0 Å². The molecule has 0 heteroatoms. The molecule has 0 N–H and O–H groups in total. The van der Waals surface area contributed by atoms with E-state index in [1.165, 1.54) is 19.3 Å². The van der Waals surface area contributed by atoms with Crippen LogP contribution in [-0.2, 0) is 0 Å². The molecule has 0 aromatic carbocycles. The Labute approximate surface area is 82.7 Å². The van der Waals surface area contributed by atoms with E-state index in [0.29, 0.717) is 0 Å².